The predicted molar refractivity (Wildman–Crippen MR) is 99.5 cm³/mol. The third-order valence-corrected chi connectivity index (χ3v) is 4.80. The van der Waals surface area contributed by atoms with Gasteiger partial charge in [-0.15, -0.1) is 0 Å². The standard InChI is InChI=1S/C19H20Cl2O4/c1-9(2)16-11(4)14(22)6-7-15(16)25-18-13(20)8-12(19(23)24-5)10(3)17(18)21/h6-9,22H,1-5H3. The SMILES string of the molecule is COC(=O)c1cc(Cl)c(Oc2ccc(O)c(C)c2C(C)C)c(Cl)c1C. The fourth-order valence-corrected chi connectivity index (χ4v) is 3.25. The van der Waals surface area contributed by atoms with Crippen LogP contribution in [-0.4, -0.2) is 18.2 Å². The first-order chi connectivity index (χ1) is 11.7. The summed E-state index contributed by atoms with van der Waals surface area (Å²) in [6.07, 6.45) is 0. The van der Waals surface area contributed by atoms with Gasteiger partial charge in [-0.05, 0) is 49.1 Å². The van der Waals surface area contributed by atoms with Gasteiger partial charge in [0.1, 0.15) is 11.5 Å². The fourth-order valence-electron chi connectivity index (χ4n) is 2.72. The molecule has 0 saturated heterocycles. The van der Waals surface area contributed by atoms with Crippen molar-refractivity contribution in [2.45, 2.75) is 33.6 Å². The summed E-state index contributed by atoms with van der Waals surface area (Å²) in [5.74, 6) is 0.622. The number of phenols is 1. The van der Waals surface area contributed by atoms with Crippen LogP contribution in [0.15, 0.2) is 18.2 Å². The maximum absolute atomic E-state index is 11.8. The summed E-state index contributed by atoms with van der Waals surface area (Å²) in [4.78, 5) is 11.8. The molecule has 0 aliphatic carbocycles. The highest BCUT2D eigenvalue weighted by Gasteiger charge is 2.22. The highest BCUT2D eigenvalue weighted by Crippen LogP contribution is 2.43. The Morgan fingerprint density at radius 3 is 2.36 bits per heavy atom. The molecule has 0 fully saturated rings. The largest absolute Gasteiger partial charge is 0.508 e. The zero-order valence-electron chi connectivity index (χ0n) is 14.7. The number of carbonyl (C=O) groups is 1. The molecule has 0 aliphatic heterocycles. The number of ether oxygens (including phenoxy) is 2. The number of halogens is 2. The van der Waals surface area contributed by atoms with Crippen molar-refractivity contribution in [1.29, 1.82) is 0 Å². The van der Waals surface area contributed by atoms with Crippen molar-refractivity contribution in [1.82, 2.24) is 0 Å². The minimum atomic E-state index is -0.517. The van der Waals surface area contributed by atoms with Crippen LogP contribution in [0.2, 0.25) is 10.0 Å². The molecule has 0 heterocycles. The maximum atomic E-state index is 11.8. The van der Waals surface area contributed by atoms with Gasteiger partial charge in [0.15, 0.2) is 5.75 Å². The van der Waals surface area contributed by atoms with Crippen LogP contribution in [0, 0.1) is 13.8 Å². The second-order valence-electron chi connectivity index (χ2n) is 6.04. The van der Waals surface area contributed by atoms with Gasteiger partial charge in [0.25, 0.3) is 0 Å². The van der Waals surface area contributed by atoms with Gasteiger partial charge < -0.3 is 14.6 Å². The number of rotatable bonds is 4. The molecule has 0 unspecified atom stereocenters. The van der Waals surface area contributed by atoms with Crippen molar-refractivity contribution in [3.05, 3.63) is 50.5 Å². The van der Waals surface area contributed by atoms with Crippen molar-refractivity contribution < 1.29 is 19.4 Å². The van der Waals surface area contributed by atoms with Gasteiger partial charge in [0.05, 0.1) is 22.7 Å². The van der Waals surface area contributed by atoms with E-state index < -0.39 is 5.97 Å². The van der Waals surface area contributed by atoms with Crippen molar-refractivity contribution in [2.75, 3.05) is 7.11 Å². The van der Waals surface area contributed by atoms with Gasteiger partial charge in [-0.25, -0.2) is 4.79 Å². The minimum absolute atomic E-state index is 0.120. The lowest BCUT2D eigenvalue weighted by Gasteiger charge is -2.19. The van der Waals surface area contributed by atoms with Crippen LogP contribution in [0.4, 0.5) is 0 Å². The topological polar surface area (TPSA) is 55.8 Å². The molecule has 25 heavy (non-hydrogen) atoms. The lowest BCUT2D eigenvalue weighted by atomic mass is 9.96. The minimum Gasteiger partial charge on any atom is -0.508 e. The van der Waals surface area contributed by atoms with Crippen LogP contribution in [-0.2, 0) is 4.74 Å². The molecule has 2 rings (SSSR count). The Hall–Kier alpha value is -1.91. The molecule has 0 amide bonds. The smallest absolute Gasteiger partial charge is 0.338 e. The number of carbonyl (C=O) groups excluding carboxylic acids is 1. The van der Waals surface area contributed by atoms with E-state index in [-0.39, 0.29) is 33.0 Å². The fraction of sp³-hybridized carbons (Fsp3) is 0.316. The third-order valence-electron chi connectivity index (χ3n) is 4.06. The highest BCUT2D eigenvalue weighted by atomic mass is 35.5. The van der Waals surface area contributed by atoms with E-state index in [1.807, 2.05) is 20.8 Å². The predicted octanol–water partition coefficient (Wildman–Crippen LogP) is 6.02. The van der Waals surface area contributed by atoms with E-state index in [2.05, 4.69) is 0 Å². The Kier molecular flexibility index (Phi) is 5.86. The Morgan fingerprint density at radius 1 is 1.16 bits per heavy atom. The van der Waals surface area contributed by atoms with Crippen LogP contribution in [0.1, 0.15) is 46.8 Å². The average molecular weight is 383 g/mol. The summed E-state index contributed by atoms with van der Waals surface area (Å²) in [6, 6.07) is 4.72. The van der Waals surface area contributed by atoms with E-state index in [1.165, 1.54) is 13.2 Å². The zero-order valence-corrected chi connectivity index (χ0v) is 16.2. The summed E-state index contributed by atoms with van der Waals surface area (Å²) >= 11 is 12.7. The van der Waals surface area contributed by atoms with Gasteiger partial charge in [-0.2, -0.15) is 0 Å². The number of esters is 1. The quantitative estimate of drug-likeness (QED) is 0.656. The monoisotopic (exact) mass is 382 g/mol. The molecule has 2 aromatic rings. The molecule has 0 spiro atoms. The Bertz CT molecular complexity index is 829. The second-order valence-corrected chi connectivity index (χ2v) is 6.83. The normalized spacial score (nSPS) is 10.9. The molecule has 0 aromatic heterocycles. The number of hydrogen-bond acceptors (Lipinski definition) is 4. The molecule has 2 aromatic carbocycles. The molecule has 134 valence electrons. The van der Waals surface area contributed by atoms with E-state index in [9.17, 15) is 9.90 Å². The lowest BCUT2D eigenvalue weighted by molar-refractivity contribution is 0.0600. The average Bonchev–Trinajstić information content (AvgIpc) is 2.56. The third kappa shape index (κ3) is 3.70. The van der Waals surface area contributed by atoms with Gasteiger partial charge in [-0.3, -0.25) is 0 Å². The van der Waals surface area contributed by atoms with E-state index in [1.54, 1.807) is 19.1 Å². The number of benzene rings is 2. The summed E-state index contributed by atoms with van der Waals surface area (Å²) in [7, 11) is 1.29. The van der Waals surface area contributed by atoms with Gasteiger partial charge in [0.2, 0.25) is 0 Å². The van der Waals surface area contributed by atoms with Gasteiger partial charge in [0, 0.05) is 5.56 Å². The molecular weight excluding hydrogens is 363 g/mol. The number of hydrogen-bond donors (Lipinski definition) is 1. The van der Waals surface area contributed by atoms with Crippen molar-refractivity contribution in [3.63, 3.8) is 0 Å². The molecule has 1 N–H and O–H groups in total. The molecule has 0 atom stereocenters. The Morgan fingerprint density at radius 2 is 1.80 bits per heavy atom. The molecule has 0 saturated carbocycles. The first-order valence-corrected chi connectivity index (χ1v) is 8.51. The van der Waals surface area contributed by atoms with Crippen LogP contribution in [0.3, 0.4) is 0 Å². The molecular formula is C19H20Cl2O4. The Labute approximate surface area is 157 Å². The zero-order chi connectivity index (χ0) is 18.9. The summed E-state index contributed by atoms with van der Waals surface area (Å²) in [5.41, 5.74) is 2.41. The molecule has 4 nitrogen and oxygen atoms in total. The van der Waals surface area contributed by atoms with Gasteiger partial charge in [-0.1, -0.05) is 37.0 Å². The van der Waals surface area contributed by atoms with E-state index in [0.717, 1.165) is 11.1 Å². The maximum Gasteiger partial charge on any atom is 0.338 e. The summed E-state index contributed by atoms with van der Waals surface area (Å²) in [5, 5.41) is 10.4. The molecule has 0 bridgehead atoms. The number of aromatic hydroxyl groups is 1. The number of phenolic OH excluding ortho intramolecular Hbond substituents is 1. The van der Waals surface area contributed by atoms with Crippen LogP contribution in [0.5, 0.6) is 17.2 Å². The van der Waals surface area contributed by atoms with Gasteiger partial charge >= 0.3 is 5.97 Å². The van der Waals surface area contributed by atoms with E-state index in [4.69, 9.17) is 32.7 Å². The van der Waals surface area contributed by atoms with Crippen LogP contribution >= 0.6 is 23.2 Å². The van der Waals surface area contributed by atoms with Crippen LogP contribution in [0.25, 0.3) is 0 Å². The first kappa shape index (κ1) is 19.4. The molecule has 0 radical (unpaired) electrons. The molecule has 0 aliphatic rings. The Balaban J connectivity index is 2.58. The van der Waals surface area contributed by atoms with Crippen molar-refractivity contribution in [2.24, 2.45) is 0 Å². The lowest BCUT2D eigenvalue weighted by Crippen LogP contribution is -2.05. The van der Waals surface area contributed by atoms with E-state index in [0.29, 0.717) is 11.3 Å². The van der Waals surface area contributed by atoms with Crippen LogP contribution < -0.4 is 4.74 Å². The molecule has 6 heteroatoms. The van der Waals surface area contributed by atoms with Crippen molar-refractivity contribution >= 4 is 29.2 Å². The summed E-state index contributed by atoms with van der Waals surface area (Å²) < 4.78 is 10.7. The highest BCUT2D eigenvalue weighted by molar-refractivity contribution is 6.38. The second kappa shape index (κ2) is 7.54. The van der Waals surface area contributed by atoms with E-state index >= 15 is 0 Å². The van der Waals surface area contributed by atoms with Crippen molar-refractivity contribution in [3.8, 4) is 17.2 Å². The number of methoxy groups -OCH3 is 1. The summed E-state index contributed by atoms with van der Waals surface area (Å²) in [6.45, 7) is 7.53. The first-order valence-electron chi connectivity index (χ1n) is 7.76.